The molecule has 0 amide bonds. The van der Waals surface area contributed by atoms with Crippen LogP contribution in [0.3, 0.4) is 0 Å². The fourth-order valence-electron chi connectivity index (χ4n) is 2.61. The Kier molecular flexibility index (Phi) is 3.23. The molecular weight excluding hydrogens is 238 g/mol. The van der Waals surface area contributed by atoms with Crippen LogP contribution in [0.2, 0.25) is 0 Å². The number of fused-ring (bicyclic) bond motifs is 1. The third kappa shape index (κ3) is 2.48. The molecule has 0 aliphatic carbocycles. The molecule has 4 heteroatoms. The van der Waals surface area contributed by atoms with E-state index in [0.717, 1.165) is 30.4 Å². The van der Waals surface area contributed by atoms with Crippen LogP contribution < -0.4 is 4.74 Å². The Morgan fingerprint density at radius 3 is 2.79 bits per heavy atom. The monoisotopic (exact) mass is 257 g/mol. The Morgan fingerprint density at radius 1 is 1.32 bits per heavy atom. The Bertz CT molecular complexity index is 559. The van der Waals surface area contributed by atoms with Crippen LogP contribution in [0, 0.1) is 0 Å². The maximum absolute atomic E-state index is 5.16. The van der Waals surface area contributed by atoms with E-state index in [4.69, 9.17) is 9.72 Å². The highest BCUT2D eigenvalue weighted by atomic mass is 16.5. The molecule has 0 spiro atoms. The zero-order valence-electron chi connectivity index (χ0n) is 11.5. The van der Waals surface area contributed by atoms with Crippen LogP contribution in [-0.4, -0.2) is 21.9 Å². The molecule has 1 aliphatic rings. The molecule has 2 aromatic rings. The van der Waals surface area contributed by atoms with Crippen LogP contribution in [0.25, 0.3) is 0 Å². The van der Waals surface area contributed by atoms with Crippen molar-refractivity contribution in [3.8, 4) is 5.75 Å². The molecule has 100 valence electrons. The van der Waals surface area contributed by atoms with Crippen molar-refractivity contribution in [1.82, 2.24) is 14.8 Å². The van der Waals surface area contributed by atoms with Crippen molar-refractivity contribution in [3.63, 3.8) is 0 Å². The van der Waals surface area contributed by atoms with Crippen molar-refractivity contribution in [2.75, 3.05) is 7.11 Å². The van der Waals surface area contributed by atoms with Gasteiger partial charge in [-0.2, -0.15) is 5.10 Å². The number of aryl methyl sites for hydroxylation is 1. The standard InChI is InChI=1S/C15H19N3O/c1-11-4-3-9-18-15(11)16-14(17-18)10-12-5-7-13(19-2)8-6-12/h5-8,11H,3-4,9-10H2,1-2H3. The lowest BCUT2D eigenvalue weighted by atomic mass is 10.0. The van der Waals surface area contributed by atoms with Crippen LogP contribution in [0.1, 0.15) is 42.9 Å². The minimum absolute atomic E-state index is 0.533. The number of ether oxygens (including phenoxy) is 1. The molecule has 1 aromatic carbocycles. The number of aromatic nitrogens is 3. The molecule has 3 rings (SSSR count). The summed E-state index contributed by atoms with van der Waals surface area (Å²) in [6.45, 7) is 3.24. The smallest absolute Gasteiger partial charge is 0.155 e. The van der Waals surface area contributed by atoms with Gasteiger partial charge in [0, 0.05) is 18.9 Å². The fourth-order valence-corrected chi connectivity index (χ4v) is 2.61. The summed E-state index contributed by atoms with van der Waals surface area (Å²) < 4.78 is 7.24. The van der Waals surface area contributed by atoms with Crippen LogP contribution >= 0.6 is 0 Å². The molecule has 0 saturated heterocycles. The lowest BCUT2D eigenvalue weighted by molar-refractivity contribution is 0.414. The second-order valence-corrected chi connectivity index (χ2v) is 5.18. The zero-order valence-corrected chi connectivity index (χ0v) is 11.5. The summed E-state index contributed by atoms with van der Waals surface area (Å²) in [5.74, 6) is 3.49. The molecule has 0 radical (unpaired) electrons. The lowest BCUT2D eigenvalue weighted by Gasteiger charge is -2.17. The molecular formula is C15H19N3O. The maximum atomic E-state index is 5.16. The predicted octanol–water partition coefficient (Wildman–Crippen LogP) is 2.77. The van der Waals surface area contributed by atoms with Crippen molar-refractivity contribution >= 4 is 0 Å². The molecule has 19 heavy (non-hydrogen) atoms. The van der Waals surface area contributed by atoms with Crippen molar-refractivity contribution in [3.05, 3.63) is 41.5 Å². The maximum Gasteiger partial charge on any atom is 0.155 e. The van der Waals surface area contributed by atoms with Crippen LogP contribution in [0.15, 0.2) is 24.3 Å². The Labute approximate surface area is 113 Å². The fraction of sp³-hybridized carbons (Fsp3) is 0.467. The quantitative estimate of drug-likeness (QED) is 0.849. The molecule has 1 unspecified atom stereocenters. The average molecular weight is 257 g/mol. The van der Waals surface area contributed by atoms with Gasteiger partial charge in [0.25, 0.3) is 0 Å². The van der Waals surface area contributed by atoms with Gasteiger partial charge in [-0.1, -0.05) is 19.1 Å². The summed E-state index contributed by atoms with van der Waals surface area (Å²) in [5, 5.41) is 4.61. The SMILES string of the molecule is COc1ccc(Cc2nc3n(n2)CCCC3C)cc1. The Morgan fingerprint density at radius 2 is 2.11 bits per heavy atom. The van der Waals surface area contributed by atoms with Gasteiger partial charge in [0.2, 0.25) is 0 Å². The van der Waals surface area contributed by atoms with Crippen molar-refractivity contribution < 1.29 is 4.74 Å². The number of benzene rings is 1. The van der Waals surface area contributed by atoms with Crippen molar-refractivity contribution in [1.29, 1.82) is 0 Å². The largest absolute Gasteiger partial charge is 0.497 e. The van der Waals surface area contributed by atoms with Crippen molar-refractivity contribution in [2.45, 2.75) is 38.6 Å². The van der Waals surface area contributed by atoms with Gasteiger partial charge in [-0.15, -0.1) is 0 Å². The number of rotatable bonds is 3. The van der Waals surface area contributed by atoms with E-state index < -0.39 is 0 Å². The molecule has 0 saturated carbocycles. The lowest BCUT2D eigenvalue weighted by Crippen LogP contribution is -2.14. The van der Waals surface area contributed by atoms with E-state index in [2.05, 4.69) is 28.8 Å². The first kappa shape index (κ1) is 12.2. The van der Waals surface area contributed by atoms with E-state index >= 15 is 0 Å². The normalized spacial score (nSPS) is 18.1. The van der Waals surface area contributed by atoms with Gasteiger partial charge in [0.15, 0.2) is 5.82 Å². The summed E-state index contributed by atoms with van der Waals surface area (Å²) in [5.41, 5.74) is 1.22. The predicted molar refractivity (Wildman–Crippen MR) is 73.5 cm³/mol. The Hall–Kier alpha value is -1.84. The van der Waals surface area contributed by atoms with Gasteiger partial charge in [-0.3, -0.25) is 0 Å². The van der Waals surface area contributed by atoms with Gasteiger partial charge >= 0.3 is 0 Å². The Balaban J connectivity index is 1.79. The average Bonchev–Trinajstić information content (AvgIpc) is 2.84. The van der Waals surface area contributed by atoms with Gasteiger partial charge < -0.3 is 4.74 Å². The summed E-state index contributed by atoms with van der Waals surface area (Å²) in [6.07, 6.45) is 3.22. The van der Waals surface area contributed by atoms with Crippen LogP contribution in [0.5, 0.6) is 5.75 Å². The highest BCUT2D eigenvalue weighted by molar-refractivity contribution is 5.28. The third-order valence-electron chi connectivity index (χ3n) is 3.71. The van der Waals surface area contributed by atoms with Gasteiger partial charge in [0.05, 0.1) is 7.11 Å². The minimum Gasteiger partial charge on any atom is -0.497 e. The van der Waals surface area contributed by atoms with Gasteiger partial charge in [-0.05, 0) is 30.5 Å². The van der Waals surface area contributed by atoms with E-state index in [1.165, 1.54) is 18.4 Å². The van der Waals surface area contributed by atoms with Crippen LogP contribution in [0.4, 0.5) is 0 Å². The molecule has 4 nitrogen and oxygen atoms in total. The van der Waals surface area contributed by atoms with E-state index in [0.29, 0.717) is 5.92 Å². The first-order valence-electron chi connectivity index (χ1n) is 6.83. The summed E-state index contributed by atoms with van der Waals surface area (Å²) >= 11 is 0. The highest BCUT2D eigenvalue weighted by Crippen LogP contribution is 2.25. The minimum atomic E-state index is 0.533. The molecule has 0 bridgehead atoms. The summed E-state index contributed by atoms with van der Waals surface area (Å²) in [7, 11) is 1.68. The molecule has 1 aromatic heterocycles. The summed E-state index contributed by atoms with van der Waals surface area (Å²) in [4.78, 5) is 4.69. The molecule has 0 N–H and O–H groups in total. The second kappa shape index (κ2) is 5.03. The third-order valence-corrected chi connectivity index (χ3v) is 3.71. The van der Waals surface area contributed by atoms with E-state index in [9.17, 15) is 0 Å². The van der Waals surface area contributed by atoms with E-state index in [1.54, 1.807) is 7.11 Å². The number of hydrogen-bond acceptors (Lipinski definition) is 3. The van der Waals surface area contributed by atoms with Gasteiger partial charge in [0.1, 0.15) is 11.6 Å². The number of hydrogen-bond donors (Lipinski definition) is 0. The molecule has 1 atom stereocenters. The first-order chi connectivity index (χ1) is 9.26. The van der Waals surface area contributed by atoms with E-state index in [-0.39, 0.29) is 0 Å². The van der Waals surface area contributed by atoms with Crippen molar-refractivity contribution in [2.24, 2.45) is 0 Å². The van der Waals surface area contributed by atoms with E-state index in [1.807, 2.05) is 12.1 Å². The first-order valence-corrected chi connectivity index (χ1v) is 6.83. The molecule has 1 aliphatic heterocycles. The highest BCUT2D eigenvalue weighted by Gasteiger charge is 2.20. The second-order valence-electron chi connectivity index (χ2n) is 5.18. The molecule has 0 fully saturated rings. The zero-order chi connectivity index (χ0) is 13.2. The summed E-state index contributed by atoms with van der Waals surface area (Å²) in [6, 6.07) is 8.10. The number of methoxy groups -OCH3 is 1. The van der Waals surface area contributed by atoms with Gasteiger partial charge in [-0.25, -0.2) is 9.67 Å². The number of nitrogens with zero attached hydrogens (tertiary/aromatic N) is 3. The molecule has 2 heterocycles. The topological polar surface area (TPSA) is 39.9 Å². The van der Waals surface area contributed by atoms with Crippen LogP contribution in [-0.2, 0) is 13.0 Å².